The summed E-state index contributed by atoms with van der Waals surface area (Å²) in [6, 6.07) is 9.23. The fourth-order valence-corrected chi connectivity index (χ4v) is 3.24. The zero-order chi connectivity index (χ0) is 18.8. The van der Waals surface area contributed by atoms with Crippen LogP contribution in [0.5, 0.6) is 0 Å². The monoisotopic (exact) mass is 365 g/mol. The average Bonchev–Trinajstić information content (AvgIpc) is 3.37. The Morgan fingerprint density at radius 3 is 2.93 bits per heavy atom. The van der Waals surface area contributed by atoms with Gasteiger partial charge in [0.1, 0.15) is 17.6 Å². The van der Waals surface area contributed by atoms with E-state index in [4.69, 9.17) is 9.78 Å². The summed E-state index contributed by atoms with van der Waals surface area (Å²) in [6.45, 7) is 1.11. The zero-order valence-electron chi connectivity index (χ0n) is 14.4. The molecule has 1 fully saturated rings. The molecule has 1 N–H and O–H groups in total. The standard InChI is InChI=1S/C19H16FN5O2/c20-15-5-3-13(4-6-15)19(26)25-7-1-2-14(11-25)17-23-18(27-24-17)16-8-12(9-21)10-22-16/h3-6,8,10,14,22H,1-2,7,11H2. The van der Waals surface area contributed by atoms with E-state index < -0.39 is 0 Å². The lowest BCUT2D eigenvalue weighted by atomic mass is 9.96. The van der Waals surface area contributed by atoms with Gasteiger partial charge in [0.25, 0.3) is 11.8 Å². The number of aromatic amines is 1. The molecule has 3 aromatic rings. The normalized spacial score (nSPS) is 16.9. The molecule has 0 radical (unpaired) electrons. The molecule has 0 saturated carbocycles. The van der Waals surface area contributed by atoms with Crippen molar-refractivity contribution in [3.05, 3.63) is 59.3 Å². The first kappa shape index (κ1) is 17.0. The summed E-state index contributed by atoms with van der Waals surface area (Å²) >= 11 is 0. The number of nitriles is 1. The molecule has 136 valence electrons. The quantitative estimate of drug-likeness (QED) is 0.769. The molecule has 1 unspecified atom stereocenters. The third kappa shape index (κ3) is 3.44. The lowest BCUT2D eigenvalue weighted by Crippen LogP contribution is -2.39. The Hall–Kier alpha value is -3.47. The number of likely N-dealkylation sites (tertiary alicyclic amines) is 1. The molecular formula is C19H16FN5O2. The molecule has 8 heteroatoms. The molecule has 1 amide bonds. The minimum atomic E-state index is -0.369. The van der Waals surface area contributed by atoms with Gasteiger partial charge in [-0.3, -0.25) is 4.79 Å². The van der Waals surface area contributed by atoms with Crippen molar-refractivity contribution in [2.45, 2.75) is 18.8 Å². The van der Waals surface area contributed by atoms with E-state index in [2.05, 4.69) is 15.1 Å². The summed E-state index contributed by atoms with van der Waals surface area (Å²) in [5.41, 5.74) is 1.53. The highest BCUT2D eigenvalue weighted by molar-refractivity contribution is 5.94. The number of benzene rings is 1. The number of rotatable bonds is 3. The third-order valence-electron chi connectivity index (χ3n) is 4.65. The smallest absolute Gasteiger partial charge is 0.274 e. The summed E-state index contributed by atoms with van der Waals surface area (Å²) in [5, 5.41) is 13.0. The lowest BCUT2D eigenvalue weighted by molar-refractivity contribution is 0.0703. The predicted molar refractivity (Wildman–Crippen MR) is 93.1 cm³/mol. The van der Waals surface area contributed by atoms with Crippen molar-refractivity contribution in [1.29, 1.82) is 5.26 Å². The van der Waals surface area contributed by atoms with Crippen molar-refractivity contribution in [2.75, 3.05) is 13.1 Å². The van der Waals surface area contributed by atoms with Gasteiger partial charge in [0.15, 0.2) is 5.82 Å². The van der Waals surface area contributed by atoms with Crippen LogP contribution >= 0.6 is 0 Å². The van der Waals surface area contributed by atoms with Crippen LogP contribution in [0, 0.1) is 17.1 Å². The van der Waals surface area contributed by atoms with Crippen LogP contribution in [0.2, 0.25) is 0 Å². The molecular weight excluding hydrogens is 349 g/mol. The van der Waals surface area contributed by atoms with Gasteiger partial charge >= 0.3 is 0 Å². The maximum absolute atomic E-state index is 13.1. The summed E-state index contributed by atoms with van der Waals surface area (Å²) in [6.07, 6.45) is 3.24. The number of nitrogens with zero attached hydrogens (tertiary/aromatic N) is 4. The summed E-state index contributed by atoms with van der Waals surface area (Å²) < 4.78 is 18.4. The second-order valence-electron chi connectivity index (χ2n) is 6.47. The van der Waals surface area contributed by atoms with E-state index in [1.165, 1.54) is 24.3 Å². The van der Waals surface area contributed by atoms with E-state index in [0.717, 1.165) is 12.8 Å². The molecule has 1 saturated heterocycles. The van der Waals surface area contributed by atoms with Crippen LogP contribution in [0.25, 0.3) is 11.6 Å². The van der Waals surface area contributed by atoms with Gasteiger partial charge in [-0.15, -0.1) is 0 Å². The maximum Gasteiger partial charge on any atom is 0.274 e. The summed E-state index contributed by atoms with van der Waals surface area (Å²) in [4.78, 5) is 21.7. The van der Waals surface area contributed by atoms with E-state index in [0.29, 0.717) is 41.6 Å². The van der Waals surface area contributed by atoms with Gasteiger partial charge in [0.05, 0.1) is 5.56 Å². The Balaban J connectivity index is 1.49. The second-order valence-corrected chi connectivity index (χ2v) is 6.47. The van der Waals surface area contributed by atoms with Crippen molar-refractivity contribution in [2.24, 2.45) is 0 Å². The molecule has 1 aromatic carbocycles. The third-order valence-corrected chi connectivity index (χ3v) is 4.65. The van der Waals surface area contributed by atoms with Crippen LogP contribution in [-0.2, 0) is 0 Å². The highest BCUT2D eigenvalue weighted by atomic mass is 19.1. The topological polar surface area (TPSA) is 98.8 Å². The maximum atomic E-state index is 13.1. The molecule has 1 aliphatic heterocycles. The van der Waals surface area contributed by atoms with Crippen molar-refractivity contribution in [3.8, 4) is 17.7 Å². The Morgan fingerprint density at radius 1 is 1.37 bits per heavy atom. The Bertz CT molecular complexity index is 1000. The van der Waals surface area contributed by atoms with Crippen LogP contribution in [-0.4, -0.2) is 39.0 Å². The van der Waals surface area contributed by atoms with E-state index in [1.807, 2.05) is 6.07 Å². The number of aromatic nitrogens is 3. The van der Waals surface area contributed by atoms with Crippen LogP contribution in [0.1, 0.15) is 40.5 Å². The molecule has 3 heterocycles. The van der Waals surface area contributed by atoms with E-state index >= 15 is 0 Å². The van der Waals surface area contributed by atoms with Crippen LogP contribution in [0.3, 0.4) is 0 Å². The number of piperidine rings is 1. The Morgan fingerprint density at radius 2 is 2.19 bits per heavy atom. The number of amides is 1. The van der Waals surface area contributed by atoms with Crippen LogP contribution < -0.4 is 0 Å². The summed E-state index contributed by atoms with van der Waals surface area (Å²) in [7, 11) is 0. The summed E-state index contributed by atoms with van der Waals surface area (Å²) in [5.74, 6) is 0.312. The number of nitrogens with one attached hydrogen (secondary N) is 1. The molecule has 0 aliphatic carbocycles. The largest absolute Gasteiger partial charge is 0.356 e. The fourth-order valence-electron chi connectivity index (χ4n) is 3.24. The number of halogens is 1. The molecule has 1 atom stereocenters. The number of hydrogen-bond donors (Lipinski definition) is 1. The number of H-pyrrole nitrogens is 1. The molecule has 27 heavy (non-hydrogen) atoms. The average molecular weight is 365 g/mol. The molecule has 0 spiro atoms. The number of hydrogen-bond acceptors (Lipinski definition) is 5. The minimum absolute atomic E-state index is 0.0361. The molecule has 4 rings (SSSR count). The van der Waals surface area contributed by atoms with Gasteiger partial charge in [-0.1, -0.05) is 5.16 Å². The highest BCUT2D eigenvalue weighted by Crippen LogP contribution is 2.28. The molecule has 7 nitrogen and oxygen atoms in total. The van der Waals surface area contributed by atoms with Crippen molar-refractivity contribution in [1.82, 2.24) is 20.0 Å². The van der Waals surface area contributed by atoms with Crippen molar-refractivity contribution >= 4 is 5.91 Å². The van der Waals surface area contributed by atoms with Gasteiger partial charge in [-0.25, -0.2) is 4.39 Å². The predicted octanol–water partition coefficient (Wildman–Crippen LogP) is 3.10. The molecule has 0 bridgehead atoms. The lowest BCUT2D eigenvalue weighted by Gasteiger charge is -2.31. The zero-order valence-corrected chi connectivity index (χ0v) is 14.4. The second kappa shape index (κ2) is 7.03. The first-order valence-corrected chi connectivity index (χ1v) is 8.61. The Labute approximate surface area is 154 Å². The van der Waals surface area contributed by atoms with Gasteiger partial charge in [0, 0.05) is 30.8 Å². The van der Waals surface area contributed by atoms with E-state index in [-0.39, 0.29) is 17.6 Å². The van der Waals surface area contributed by atoms with Gasteiger partial charge < -0.3 is 14.4 Å². The molecule has 1 aliphatic rings. The van der Waals surface area contributed by atoms with Gasteiger partial charge in [0.2, 0.25) is 0 Å². The number of carbonyl (C=O) groups is 1. The van der Waals surface area contributed by atoms with E-state index in [9.17, 15) is 9.18 Å². The first-order chi connectivity index (χ1) is 13.1. The van der Waals surface area contributed by atoms with Crippen molar-refractivity contribution < 1.29 is 13.7 Å². The first-order valence-electron chi connectivity index (χ1n) is 8.61. The Kier molecular flexibility index (Phi) is 4.42. The van der Waals surface area contributed by atoms with Crippen molar-refractivity contribution in [3.63, 3.8) is 0 Å². The van der Waals surface area contributed by atoms with Crippen LogP contribution in [0.4, 0.5) is 4.39 Å². The molecule has 2 aromatic heterocycles. The van der Waals surface area contributed by atoms with Gasteiger partial charge in [-0.2, -0.15) is 10.2 Å². The SMILES string of the molecule is N#Cc1c[nH]c(-c2nc(C3CCCN(C(=O)c4ccc(F)cc4)C3)no2)c1. The van der Waals surface area contributed by atoms with E-state index in [1.54, 1.807) is 17.2 Å². The minimum Gasteiger partial charge on any atom is -0.356 e. The number of carbonyl (C=O) groups excluding carboxylic acids is 1. The highest BCUT2D eigenvalue weighted by Gasteiger charge is 2.29. The van der Waals surface area contributed by atoms with Crippen LogP contribution in [0.15, 0.2) is 41.1 Å². The fraction of sp³-hybridized carbons (Fsp3) is 0.263. The van der Waals surface area contributed by atoms with Gasteiger partial charge in [-0.05, 0) is 43.2 Å².